The highest BCUT2D eigenvalue weighted by atomic mass is 32.2. The third-order valence-corrected chi connectivity index (χ3v) is 29.3. The summed E-state index contributed by atoms with van der Waals surface area (Å²) in [4.78, 5) is 70.1. The van der Waals surface area contributed by atoms with Crippen molar-refractivity contribution in [2.45, 2.75) is 218 Å². The number of aliphatic hydroxyl groups excluding tert-OH is 4. The SMILES string of the molecule is COCCNC(=O)O[C@@H]1CC[C@@]2(C)[C@@H](C1)C[C@@H](O)[C@@H]1[C@@H]2C[C@H](O)[C@]2(C)[C@@H]([C@H](C)CCC(=O)NCCCCN(CCCNC(=O)CC[C@@H](C)[C@H]3CC[C@H]4[C@@H]5[C@H](O)C[C@@H]6C[C@H](OC(=O)NCCOC)CC[C@]6(C)[C@H]5C[C@H](O)[C@]34C)C(=O)CNS(=O)(=O)c3cccc4c(N(C)C)cccc34)CC[C@@H]12. The zero-order chi connectivity index (χ0) is 72.1. The van der Waals surface area contributed by atoms with Crippen LogP contribution in [-0.2, 0) is 43.4 Å². The van der Waals surface area contributed by atoms with Crippen LogP contribution >= 0.6 is 0 Å². The number of methoxy groups -OCH3 is 2. The second-order valence-corrected chi connectivity index (χ2v) is 34.9. The zero-order valence-corrected chi connectivity index (χ0v) is 62.5. The van der Waals surface area contributed by atoms with Gasteiger partial charge in [-0.1, -0.05) is 65.8 Å². The molecule has 2 aromatic rings. The molecule has 0 radical (unpaired) electrons. The van der Waals surface area contributed by atoms with Crippen LogP contribution in [0.3, 0.4) is 0 Å². The molecule has 22 nitrogen and oxygen atoms in total. The van der Waals surface area contributed by atoms with Gasteiger partial charge < -0.3 is 70.4 Å². The predicted octanol–water partition coefficient (Wildman–Crippen LogP) is 8.93. The lowest BCUT2D eigenvalue weighted by molar-refractivity contribution is -0.207. The number of amides is 5. The third kappa shape index (κ3) is 16.3. The highest BCUT2D eigenvalue weighted by Gasteiger charge is 2.68. The maximum absolute atomic E-state index is 14.2. The van der Waals surface area contributed by atoms with Crippen LogP contribution in [-0.4, -0.2) is 188 Å². The largest absolute Gasteiger partial charge is 0.446 e. The van der Waals surface area contributed by atoms with Crippen molar-refractivity contribution in [2.24, 2.45) is 92.7 Å². The lowest BCUT2D eigenvalue weighted by Gasteiger charge is -2.63. The second-order valence-electron chi connectivity index (χ2n) is 33.2. The van der Waals surface area contributed by atoms with E-state index in [9.17, 15) is 52.8 Å². The summed E-state index contributed by atoms with van der Waals surface area (Å²) in [6.07, 6.45) is 10.8. The molecular formula is C77H123N7O15S. The summed E-state index contributed by atoms with van der Waals surface area (Å²) in [7, 11) is 2.82. The molecule has 562 valence electrons. The highest BCUT2D eigenvalue weighted by Crippen LogP contribution is 2.70. The number of carbonyl (C=O) groups excluding carboxylic acids is 5. The molecular weight excluding hydrogens is 1290 g/mol. The molecule has 0 saturated heterocycles. The minimum Gasteiger partial charge on any atom is -0.446 e. The van der Waals surface area contributed by atoms with Gasteiger partial charge in [-0.15, -0.1) is 0 Å². The molecule has 0 heterocycles. The van der Waals surface area contributed by atoms with Gasteiger partial charge in [-0.3, -0.25) is 14.4 Å². The van der Waals surface area contributed by atoms with Gasteiger partial charge in [-0.05, 0) is 227 Å². The molecule has 0 bridgehead atoms. The van der Waals surface area contributed by atoms with E-state index in [1.165, 1.54) is 0 Å². The molecule has 9 N–H and O–H groups in total. The Morgan fingerprint density at radius 3 is 1.53 bits per heavy atom. The normalized spacial score (nSPS) is 35.7. The maximum atomic E-state index is 14.2. The molecule has 0 spiro atoms. The van der Waals surface area contributed by atoms with E-state index in [0.717, 1.165) is 62.4 Å². The average molecular weight is 1420 g/mol. The fourth-order valence-corrected chi connectivity index (χ4v) is 23.6. The van der Waals surface area contributed by atoms with Crippen molar-refractivity contribution in [2.75, 3.05) is 92.2 Å². The first-order valence-electron chi connectivity index (χ1n) is 38.2. The van der Waals surface area contributed by atoms with Gasteiger partial charge in [0.1, 0.15) is 12.2 Å². The van der Waals surface area contributed by atoms with E-state index >= 15 is 0 Å². The first-order chi connectivity index (χ1) is 47.6. The quantitative estimate of drug-likeness (QED) is 0.0330. The molecule has 8 saturated carbocycles. The van der Waals surface area contributed by atoms with Crippen molar-refractivity contribution in [3.8, 4) is 0 Å². The van der Waals surface area contributed by atoms with Crippen LogP contribution in [0.1, 0.15) is 176 Å². The fraction of sp³-hybridized carbons (Fsp3) is 0.805. The van der Waals surface area contributed by atoms with Crippen molar-refractivity contribution < 1.29 is 71.8 Å². The van der Waals surface area contributed by atoms with Crippen LogP contribution in [0, 0.1) is 92.7 Å². The Kier molecular flexibility index (Phi) is 25.7. The molecule has 8 fully saturated rings. The van der Waals surface area contributed by atoms with Crippen LogP contribution in [0.25, 0.3) is 10.8 Å². The number of benzene rings is 2. The van der Waals surface area contributed by atoms with Crippen LogP contribution in [0.2, 0.25) is 0 Å². The Morgan fingerprint density at radius 1 is 0.570 bits per heavy atom. The number of anilines is 1. The van der Waals surface area contributed by atoms with Crippen molar-refractivity contribution in [1.29, 1.82) is 0 Å². The predicted molar refractivity (Wildman–Crippen MR) is 383 cm³/mol. The summed E-state index contributed by atoms with van der Waals surface area (Å²) in [5.41, 5.74) is -0.125. The zero-order valence-electron chi connectivity index (χ0n) is 61.7. The number of hydrogen-bond donors (Lipinski definition) is 9. The number of rotatable bonds is 30. The average Bonchev–Trinajstić information content (AvgIpc) is 1.37. The smallest absolute Gasteiger partial charge is 0.407 e. The van der Waals surface area contributed by atoms with E-state index in [-0.39, 0.29) is 117 Å². The van der Waals surface area contributed by atoms with Gasteiger partial charge in [0.25, 0.3) is 0 Å². The van der Waals surface area contributed by atoms with Crippen LogP contribution < -0.4 is 30.9 Å². The van der Waals surface area contributed by atoms with Gasteiger partial charge in [0.05, 0.1) is 49.1 Å². The van der Waals surface area contributed by atoms with E-state index < -0.39 is 69.9 Å². The monoisotopic (exact) mass is 1420 g/mol. The number of sulfonamides is 1. The molecule has 5 amide bonds. The number of hydrogen-bond acceptors (Lipinski definition) is 16. The minimum atomic E-state index is -4.14. The Bertz CT molecular complexity index is 3250. The molecule has 23 heteroatoms. The van der Waals surface area contributed by atoms with E-state index in [2.05, 4.69) is 67.5 Å². The molecule has 8 aliphatic rings. The summed E-state index contributed by atoms with van der Waals surface area (Å²) >= 11 is 0. The van der Waals surface area contributed by atoms with Crippen LogP contribution in [0.15, 0.2) is 41.3 Å². The highest BCUT2D eigenvalue weighted by molar-refractivity contribution is 7.89. The van der Waals surface area contributed by atoms with Gasteiger partial charge in [0.2, 0.25) is 27.7 Å². The second kappa shape index (κ2) is 33.1. The number of carbonyl (C=O) groups is 5. The Hall–Kier alpha value is -4.88. The molecule has 22 atom stereocenters. The minimum absolute atomic E-state index is 0.0605. The number of ether oxygens (including phenoxy) is 4. The lowest BCUT2D eigenvalue weighted by Crippen LogP contribution is -2.62. The number of nitrogens with one attached hydrogen (secondary N) is 5. The van der Waals surface area contributed by atoms with Crippen molar-refractivity contribution in [1.82, 2.24) is 30.9 Å². The number of unbranched alkanes of at least 4 members (excludes halogenated alkanes) is 1. The summed E-state index contributed by atoms with van der Waals surface area (Å²) in [5.74, 6) is 1.16. The standard InChI is InChI=1S/C77H123N7O15S/c1-47(55-22-24-57-70-59(44-65(87)76(55,57)5)74(3)30-28-51(40-49(74)42-62(70)85)98-72(92)80-34-38-96-9)20-26-67(89)78-32-11-12-36-84(69(91)46-82-100(94,95)64-19-14-16-53-54(64)17-13-18-61(53)83(7)8)37-15-33-79-68(90)27-21-48(2)56-23-25-58-71-60(45-66(88)77(56,58)6)75(4)31-29-52(41-50(75)43-63(71)86)99-73(93)81-35-39-97-10/h13-14,16-19,47-52,55-60,62-63,65-66,70-71,82,85-88H,11-12,15,20-46H2,1-10H3,(H,78,89)(H,79,90)(H,80,92)(H,81,93)/t47-,48-,49+,50+,51-,52-,55-,56-,57+,58+,59+,60+,62-,63-,65+,66+,70+,71+,74+,75+,76-,77-/m1/s1. The maximum Gasteiger partial charge on any atom is 0.407 e. The molecule has 0 aliphatic heterocycles. The molecule has 10 rings (SSSR count). The summed E-state index contributed by atoms with van der Waals surface area (Å²) in [5, 5.41) is 61.7. The Balaban J connectivity index is 0.691. The number of aliphatic hydroxyl groups is 4. The Labute approximate surface area is 595 Å². The summed E-state index contributed by atoms with van der Waals surface area (Å²) < 4.78 is 52.4. The lowest BCUT2D eigenvalue weighted by atomic mass is 9.43. The first kappa shape index (κ1) is 77.7. The van der Waals surface area contributed by atoms with E-state index in [1.807, 2.05) is 37.2 Å². The third-order valence-electron chi connectivity index (χ3n) is 27.9. The number of alkyl carbamates (subject to hydrolysis) is 2. The molecule has 100 heavy (non-hydrogen) atoms. The number of fused-ring (bicyclic) bond motifs is 11. The molecule has 2 aromatic carbocycles. The van der Waals surface area contributed by atoms with E-state index in [4.69, 9.17) is 18.9 Å². The van der Waals surface area contributed by atoms with Gasteiger partial charge >= 0.3 is 12.2 Å². The number of nitrogens with zero attached hydrogens (tertiary/aromatic N) is 2. The topological polar surface area (TPSA) is 304 Å². The van der Waals surface area contributed by atoms with Crippen molar-refractivity contribution in [3.63, 3.8) is 0 Å². The molecule has 8 aliphatic carbocycles. The van der Waals surface area contributed by atoms with Crippen molar-refractivity contribution >= 4 is 56.4 Å². The molecule has 0 unspecified atom stereocenters. The van der Waals surface area contributed by atoms with Gasteiger partial charge in [0, 0.05) is 96.9 Å². The van der Waals surface area contributed by atoms with Gasteiger partial charge in [-0.25, -0.2) is 22.7 Å². The fourth-order valence-electron chi connectivity index (χ4n) is 22.4. The summed E-state index contributed by atoms with van der Waals surface area (Å²) in [6, 6.07) is 10.6. The van der Waals surface area contributed by atoms with Crippen LogP contribution in [0.5, 0.6) is 0 Å². The summed E-state index contributed by atoms with van der Waals surface area (Å²) in [6.45, 7) is 15.9. The van der Waals surface area contributed by atoms with Gasteiger partial charge in [0.15, 0.2) is 0 Å². The van der Waals surface area contributed by atoms with E-state index in [0.29, 0.717) is 135 Å². The Morgan fingerprint density at radius 2 is 1.04 bits per heavy atom. The van der Waals surface area contributed by atoms with E-state index in [1.54, 1.807) is 37.3 Å². The van der Waals surface area contributed by atoms with Crippen LogP contribution in [0.4, 0.5) is 15.3 Å². The van der Waals surface area contributed by atoms with Crippen molar-refractivity contribution in [3.05, 3.63) is 36.4 Å². The van der Waals surface area contributed by atoms with Gasteiger partial charge in [-0.2, -0.15) is 0 Å². The first-order valence-corrected chi connectivity index (χ1v) is 39.7. The molecule has 0 aromatic heterocycles.